The summed E-state index contributed by atoms with van der Waals surface area (Å²) < 4.78 is 5.97. The van der Waals surface area contributed by atoms with Gasteiger partial charge in [0.05, 0.1) is 11.8 Å². The molecule has 1 saturated heterocycles. The largest absolute Gasteiger partial charge is 0.489 e. The van der Waals surface area contributed by atoms with Crippen LogP contribution in [0.15, 0.2) is 24.3 Å². The van der Waals surface area contributed by atoms with Gasteiger partial charge in [0, 0.05) is 18.6 Å². The van der Waals surface area contributed by atoms with Gasteiger partial charge in [0.15, 0.2) is 0 Å². The molecule has 0 bridgehead atoms. The molecule has 1 aliphatic rings. The maximum atomic E-state index is 5.97. The summed E-state index contributed by atoms with van der Waals surface area (Å²) in [6, 6.07) is 8.38. The van der Waals surface area contributed by atoms with Crippen molar-refractivity contribution in [1.82, 2.24) is 5.32 Å². The Morgan fingerprint density at radius 2 is 2.00 bits per heavy atom. The molecular formula is C16H26N2O. The van der Waals surface area contributed by atoms with E-state index in [1.165, 1.54) is 12.1 Å². The molecule has 0 amide bonds. The molecule has 0 unspecified atom stereocenters. The van der Waals surface area contributed by atoms with Crippen molar-refractivity contribution in [3.8, 4) is 5.75 Å². The zero-order valence-corrected chi connectivity index (χ0v) is 12.6. The maximum Gasteiger partial charge on any atom is 0.142 e. The zero-order valence-electron chi connectivity index (χ0n) is 12.6. The molecule has 1 aromatic rings. The number of ether oxygens (including phenoxy) is 1. The summed E-state index contributed by atoms with van der Waals surface area (Å²) in [5.41, 5.74) is 1.32. The number of rotatable bonds is 3. The third-order valence-corrected chi connectivity index (χ3v) is 3.54. The van der Waals surface area contributed by atoms with Crippen LogP contribution in [-0.4, -0.2) is 31.3 Å². The molecule has 0 spiro atoms. The minimum absolute atomic E-state index is 0.104. The van der Waals surface area contributed by atoms with E-state index in [2.05, 4.69) is 56.1 Å². The lowest BCUT2D eigenvalue weighted by Crippen LogP contribution is -2.49. The number of benzene rings is 1. The van der Waals surface area contributed by atoms with Gasteiger partial charge in [-0.2, -0.15) is 0 Å². The third kappa shape index (κ3) is 3.41. The maximum absolute atomic E-state index is 5.97. The first kappa shape index (κ1) is 14.2. The molecule has 1 aromatic carbocycles. The monoisotopic (exact) mass is 262 g/mol. The van der Waals surface area contributed by atoms with Gasteiger partial charge >= 0.3 is 0 Å². The zero-order chi connectivity index (χ0) is 13.9. The molecule has 19 heavy (non-hydrogen) atoms. The quantitative estimate of drug-likeness (QED) is 0.906. The lowest BCUT2D eigenvalue weighted by atomic mass is 10.0. The van der Waals surface area contributed by atoms with Crippen LogP contribution in [-0.2, 0) is 0 Å². The van der Waals surface area contributed by atoms with Gasteiger partial charge in [0.1, 0.15) is 5.75 Å². The summed E-state index contributed by atoms with van der Waals surface area (Å²) >= 11 is 0. The van der Waals surface area contributed by atoms with Gasteiger partial charge in [-0.25, -0.2) is 0 Å². The van der Waals surface area contributed by atoms with Crippen molar-refractivity contribution in [2.45, 2.75) is 45.8 Å². The SMILES string of the molecule is CC(C)Oc1ccccc1N1CCCNCC1(C)C. The highest BCUT2D eigenvalue weighted by Crippen LogP contribution is 2.34. The summed E-state index contributed by atoms with van der Waals surface area (Å²) in [4.78, 5) is 2.48. The third-order valence-electron chi connectivity index (χ3n) is 3.54. The summed E-state index contributed by atoms with van der Waals surface area (Å²) in [7, 11) is 0. The molecule has 106 valence electrons. The van der Waals surface area contributed by atoms with Crippen molar-refractivity contribution < 1.29 is 4.74 Å². The van der Waals surface area contributed by atoms with Crippen molar-refractivity contribution >= 4 is 5.69 Å². The lowest BCUT2D eigenvalue weighted by Gasteiger charge is -2.39. The van der Waals surface area contributed by atoms with E-state index < -0.39 is 0 Å². The number of hydrogen-bond acceptors (Lipinski definition) is 3. The summed E-state index contributed by atoms with van der Waals surface area (Å²) in [6.45, 7) is 11.9. The van der Waals surface area contributed by atoms with E-state index in [1.54, 1.807) is 0 Å². The van der Waals surface area contributed by atoms with Gasteiger partial charge < -0.3 is 15.0 Å². The molecule has 1 aliphatic heterocycles. The second-order valence-corrected chi connectivity index (χ2v) is 6.13. The first-order chi connectivity index (χ1) is 9.00. The van der Waals surface area contributed by atoms with Crippen LogP contribution in [0.4, 0.5) is 5.69 Å². The van der Waals surface area contributed by atoms with E-state index in [4.69, 9.17) is 4.74 Å². The van der Waals surface area contributed by atoms with Crippen LogP contribution in [0.3, 0.4) is 0 Å². The lowest BCUT2D eigenvalue weighted by molar-refractivity contribution is 0.242. The van der Waals surface area contributed by atoms with Crippen LogP contribution in [0.5, 0.6) is 5.75 Å². The van der Waals surface area contributed by atoms with Gasteiger partial charge in [-0.1, -0.05) is 12.1 Å². The van der Waals surface area contributed by atoms with Gasteiger partial charge in [-0.15, -0.1) is 0 Å². The van der Waals surface area contributed by atoms with Crippen LogP contribution in [0, 0.1) is 0 Å². The Morgan fingerprint density at radius 1 is 1.26 bits per heavy atom. The van der Waals surface area contributed by atoms with E-state index in [1.807, 2.05) is 6.07 Å². The van der Waals surface area contributed by atoms with E-state index in [-0.39, 0.29) is 11.6 Å². The highest BCUT2D eigenvalue weighted by atomic mass is 16.5. The van der Waals surface area contributed by atoms with Crippen molar-refractivity contribution in [1.29, 1.82) is 0 Å². The minimum atomic E-state index is 0.104. The van der Waals surface area contributed by atoms with Crippen LogP contribution in [0.2, 0.25) is 0 Å². The van der Waals surface area contributed by atoms with Crippen LogP contribution in [0.25, 0.3) is 0 Å². The van der Waals surface area contributed by atoms with Crippen LogP contribution in [0.1, 0.15) is 34.1 Å². The Hall–Kier alpha value is -1.22. The van der Waals surface area contributed by atoms with Crippen molar-refractivity contribution in [2.75, 3.05) is 24.5 Å². The van der Waals surface area contributed by atoms with Gasteiger partial charge in [-0.3, -0.25) is 0 Å². The molecule has 0 radical (unpaired) electrons. The Labute approximate surface area is 116 Å². The van der Waals surface area contributed by atoms with Crippen molar-refractivity contribution in [3.05, 3.63) is 24.3 Å². The average Bonchev–Trinajstić information content (AvgIpc) is 2.50. The van der Waals surface area contributed by atoms with Gasteiger partial charge in [0.25, 0.3) is 0 Å². The van der Waals surface area contributed by atoms with Crippen LogP contribution < -0.4 is 15.0 Å². The standard InChI is InChI=1S/C16H26N2O/c1-13(2)19-15-9-6-5-8-14(15)18-11-7-10-17-12-16(18,3)4/h5-6,8-9,13,17H,7,10-12H2,1-4H3. The van der Waals surface area contributed by atoms with Crippen molar-refractivity contribution in [2.24, 2.45) is 0 Å². The fourth-order valence-corrected chi connectivity index (χ4v) is 2.63. The molecule has 1 heterocycles. The molecule has 1 fully saturated rings. The Balaban J connectivity index is 2.33. The Bertz CT molecular complexity index is 415. The average molecular weight is 262 g/mol. The summed E-state index contributed by atoms with van der Waals surface area (Å²) in [5, 5.41) is 3.52. The second-order valence-electron chi connectivity index (χ2n) is 6.13. The van der Waals surface area contributed by atoms with Crippen molar-refractivity contribution in [3.63, 3.8) is 0 Å². The first-order valence-corrected chi connectivity index (χ1v) is 7.25. The second kappa shape index (κ2) is 5.83. The molecular weight excluding hydrogens is 236 g/mol. The highest BCUT2D eigenvalue weighted by molar-refractivity contribution is 5.60. The van der Waals surface area contributed by atoms with E-state index in [9.17, 15) is 0 Å². The van der Waals surface area contributed by atoms with Gasteiger partial charge in [-0.05, 0) is 52.8 Å². The number of para-hydroxylation sites is 2. The summed E-state index contributed by atoms with van der Waals surface area (Å²) in [5.74, 6) is 0.993. The molecule has 0 aliphatic carbocycles. The van der Waals surface area contributed by atoms with E-state index in [0.717, 1.165) is 25.4 Å². The number of nitrogens with one attached hydrogen (secondary N) is 1. The summed E-state index contributed by atoms with van der Waals surface area (Å²) in [6.07, 6.45) is 1.37. The van der Waals surface area contributed by atoms with E-state index in [0.29, 0.717) is 0 Å². The van der Waals surface area contributed by atoms with Gasteiger partial charge in [0.2, 0.25) is 0 Å². The minimum Gasteiger partial charge on any atom is -0.489 e. The Kier molecular flexibility index (Phi) is 4.35. The predicted octanol–water partition coefficient (Wildman–Crippen LogP) is 3.05. The highest BCUT2D eigenvalue weighted by Gasteiger charge is 2.30. The predicted molar refractivity (Wildman–Crippen MR) is 81.1 cm³/mol. The van der Waals surface area contributed by atoms with E-state index >= 15 is 0 Å². The number of hydrogen-bond donors (Lipinski definition) is 1. The fourth-order valence-electron chi connectivity index (χ4n) is 2.63. The smallest absolute Gasteiger partial charge is 0.142 e. The Morgan fingerprint density at radius 3 is 2.74 bits per heavy atom. The molecule has 3 nitrogen and oxygen atoms in total. The molecule has 1 N–H and O–H groups in total. The normalized spacial score (nSPS) is 19.3. The number of nitrogens with zero attached hydrogens (tertiary/aromatic N) is 1. The molecule has 2 rings (SSSR count). The fraction of sp³-hybridized carbons (Fsp3) is 0.625. The first-order valence-electron chi connectivity index (χ1n) is 7.25. The molecule has 0 atom stereocenters. The topological polar surface area (TPSA) is 24.5 Å². The molecule has 3 heteroatoms. The number of anilines is 1. The molecule has 0 saturated carbocycles. The molecule has 0 aromatic heterocycles. The van der Waals surface area contributed by atoms with Crippen LogP contribution >= 0.6 is 0 Å².